The van der Waals surface area contributed by atoms with Crippen LogP contribution < -0.4 is 10.6 Å². The number of urea groups is 1. The molecule has 0 unspecified atom stereocenters. The van der Waals surface area contributed by atoms with E-state index >= 15 is 0 Å². The number of nitriles is 1. The molecular weight excluding hydrogens is 338 g/mol. The summed E-state index contributed by atoms with van der Waals surface area (Å²) >= 11 is 0. The third-order valence-electron chi connectivity index (χ3n) is 3.87. The fourth-order valence-corrected chi connectivity index (χ4v) is 2.54. The van der Waals surface area contributed by atoms with Crippen LogP contribution in [-0.2, 0) is 6.42 Å². The Kier molecular flexibility index (Phi) is 6.00. The van der Waals surface area contributed by atoms with E-state index in [1.807, 2.05) is 36.6 Å². The van der Waals surface area contributed by atoms with Crippen molar-refractivity contribution in [1.29, 1.82) is 5.26 Å². The highest BCUT2D eigenvalue weighted by Gasteiger charge is 2.01. The third kappa shape index (κ3) is 5.58. The molecule has 1 heterocycles. The lowest BCUT2D eigenvalue weighted by Gasteiger charge is -2.06. The predicted molar refractivity (Wildman–Crippen MR) is 105 cm³/mol. The first-order chi connectivity index (χ1) is 13.2. The minimum atomic E-state index is -0.315. The number of anilines is 1. The Balaban J connectivity index is 1.44. The number of nitrogens with zero attached hydrogens (tertiary/aromatic N) is 2. The number of aromatic nitrogens is 2. The van der Waals surface area contributed by atoms with E-state index in [0.717, 1.165) is 17.7 Å². The SMILES string of the molecule is N#Cc1cccc(NC(=O)NC/C=C/c2ccc(Cc3cnc[nH]3)cc2)c1. The number of hydrogen-bond acceptors (Lipinski definition) is 3. The van der Waals surface area contributed by atoms with Crippen LogP contribution in [0.25, 0.3) is 6.08 Å². The van der Waals surface area contributed by atoms with Crippen LogP contribution in [0.15, 0.2) is 67.1 Å². The number of carbonyl (C=O) groups is 1. The van der Waals surface area contributed by atoms with Crippen molar-refractivity contribution in [2.75, 3.05) is 11.9 Å². The van der Waals surface area contributed by atoms with Gasteiger partial charge in [-0.3, -0.25) is 0 Å². The van der Waals surface area contributed by atoms with Crippen LogP contribution in [0.3, 0.4) is 0 Å². The molecule has 0 spiro atoms. The van der Waals surface area contributed by atoms with Gasteiger partial charge in [-0.05, 0) is 29.3 Å². The van der Waals surface area contributed by atoms with Crippen molar-refractivity contribution in [3.63, 3.8) is 0 Å². The van der Waals surface area contributed by atoms with Gasteiger partial charge in [0, 0.05) is 30.5 Å². The Morgan fingerprint density at radius 1 is 1.22 bits per heavy atom. The molecule has 0 saturated heterocycles. The quantitative estimate of drug-likeness (QED) is 0.628. The average Bonchev–Trinajstić information content (AvgIpc) is 3.20. The van der Waals surface area contributed by atoms with E-state index in [1.165, 1.54) is 5.56 Å². The molecule has 6 heteroatoms. The average molecular weight is 357 g/mol. The number of aromatic amines is 1. The molecule has 27 heavy (non-hydrogen) atoms. The van der Waals surface area contributed by atoms with Crippen LogP contribution in [0, 0.1) is 11.3 Å². The number of carbonyl (C=O) groups excluding carboxylic acids is 1. The van der Waals surface area contributed by atoms with Crippen LogP contribution in [-0.4, -0.2) is 22.5 Å². The molecule has 6 nitrogen and oxygen atoms in total. The first-order valence-corrected chi connectivity index (χ1v) is 8.51. The molecule has 0 bridgehead atoms. The number of hydrogen-bond donors (Lipinski definition) is 3. The molecule has 0 aliphatic rings. The molecular formula is C21H19N5O. The van der Waals surface area contributed by atoms with Gasteiger partial charge < -0.3 is 15.6 Å². The largest absolute Gasteiger partial charge is 0.348 e. The first kappa shape index (κ1) is 18.0. The zero-order valence-electron chi connectivity index (χ0n) is 14.6. The standard InChI is InChI=1S/C21H19N5O/c22-13-18-3-1-5-19(12-18)26-21(27)24-10-2-4-16-6-8-17(9-7-16)11-20-14-23-15-25-20/h1-9,12,14-15H,10-11H2,(H,23,25)(H2,24,26,27)/b4-2+. The van der Waals surface area contributed by atoms with Crippen molar-refractivity contribution < 1.29 is 4.79 Å². The summed E-state index contributed by atoms with van der Waals surface area (Å²) in [6.45, 7) is 0.402. The summed E-state index contributed by atoms with van der Waals surface area (Å²) in [4.78, 5) is 19.0. The van der Waals surface area contributed by atoms with Crippen LogP contribution in [0.4, 0.5) is 10.5 Å². The molecule has 2 amide bonds. The van der Waals surface area contributed by atoms with E-state index in [2.05, 4.69) is 32.7 Å². The summed E-state index contributed by atoms with van der Waals surface area (Å²) in [6, 6.07) is 16.7. The van der Waals surface area contributed by atoms with Crippen LogP contribution >= 0.6 is 0 Å². The van der Waals surface area contributed by atoms with Crippen molar-refractivity contribution in [2.24, 2.45) is 0 Å². The highest BCUT2D eigenvalue weighted by atomic mass is 16.2. The summed E-state index contributed by atoms with van der Waals surface area (Å²) < 4.78 is 0. The van der Waals surface area contributed by atoms with Crippen molar-refractivity contribution in [2.45, 2.75) is 6.42 Å². The molecule has 0 aliphatic carbocycles. The first-order valence-electron chi connectivity index (χ1n) is 8.51. The molecule has 2 aromatic carbocycles. The molecule has 3 N–H and O–H groups in total. The van der Waals surface area contributed by atoms with E-state index in [9.17, 15) is 4.79 Å². The van der Waals surface area contributed by atoms with Crippen molar-refractivity contribution in [3.8, 4) is 6.07 Å². The Labute approximate surface area is 157 Å². The number of H-pyrrole nitrogens is 1. The minimum absolute atomic E-state index is 0.315. The summed E-state index contributed by atoms with van der Waals surface area (Å²) in [7, 11) is 0. The third-order valence-corrected chi connectivity index (χ3v) is 3.87. The lowest BCUT2D eigenvalue weighted by atomic mass is 10.1. The van der Waals surface area contributed by atoms with Gasteiger partial charge in [0.1, 0.15) is 0 Å². The molecule has 0 fully saturated rings. The van der Waals surface area contributed by atoms with Gasteiger partial charge in [-0.2, -0.15) is 5.26 Å². The minimum Gasteiger partial charge on any atom is -0.348 e. The number of benzene rings is 2. The maximum absolute atomic E-state index is 11.9. The molecule has 1 aromatic heterocycles. The van der Waals surface area contributed by atoms with E-state index in [4.69, 9.17) is 5.26 Å². The van der Waals surface area contributed by atoms with Crippen LogP contribution in [0.1, 0.15) is 22.4 Å². The van der Waals surface area contributed by atoms with E-state index in [0.29, 0.717) is 17.8 Å². The van der Waals surface area contributed by atoms with Crippen molar-refractivity contribution in [3.05, 3.63) is 89.5 Å². The van der Waals surface area contributed by atoms with Gasteiger partial charge in [-0.25, -0.2) is 9.78 Å². The van der Waals surface area contributed by atoms with Gasteiger partial charge in [-0.15, -0.1) is 0 Å². The monoisotopic (exact) mass is 357 g/mol. The summed E-state index contributed by atoms with van der Waals surface area (Å²) in [5.74, 6) is 0. The zero-order chi connectivity index (χ0) is 18.9. The van der Waals surface area contributed by atoms with E-state index in [1.54, 1.807) is 30.6 Å². The van der Waals surface area contributed by atoms with Crippen LogP contribution in [0.5, 0.6) is 0 Å². The zero-order valence-corrected chi connectivity index (χ0v) is 14.6. The second-order valence-corrected chi connectivity index (χ2v) is 5.93. The molecule has 0 saturated carbocycles. The highest BCUT2D eigenvalue weighted by molar-refractivity contribution is 5.89. The summed E-state index contributed by atoms with van der Waals surface area (Å²) in [6.07, 6.45) is 8.15. The molecule has 134 valence electrons. The fourth-order valence-electron chi connectivity index (χ4n) is 2.54. The lowest BCUT2D eigenvalue weighted by molar-refractivity contribution is 0.253. The maximum Gasteiger partial charge on any atom is 0.319 e. The maximum atomic E-state index is 11.9. The van der Waals surface area contributed by atoms with E-state index < -0.39 is 0 Å². The molecule has 0 atom stereocenters. The molecule has 3 aromatic rings. The van der Waals surface area contributed by atoms with Gasteiger partial charge in [0.2, 0.25) is 0 Å². The number of amides is 2. The Hall–Kier alpha value is -3.85. The highest BCUT2D eigenvalue weighted by Crippen LogP contribution is 2.10. The van der Waals surface area contributed by atoms with Crippen molar-refractivity contribution in [1.82, 2.24) is 15.3 Å². The molecule has 3 rings (SSSR count). The van der Waals surface area contributed by atoms with Gasteiger partial charge >= 0.3 is 6.03 Å². The number of nitrogens with one attached hydrogen (secondary N) is 3. The predicted octanol–water partition coefficient (Wildman–Crippen LogP) is 3.71. The van der Waals surface area contributed by atoms with Crippen LogP contribution in [0.2, 0.25) is 0 Å². The second kappa shape index (κ2) is 9.02. The Morgan fingerprint density at radius 2 is 2.07 bits per heavy atom. The Bertz CT molecular complexity index is 953. The van der Waals surface area contributed by atoms with Crippen molar-refractivity contribution >= 4 is 17.8 Å². The Morgan fingerprint density at radius 3 is 2.81 bits per heavy atom. The summed E-state index contributed by atoms with van der Waals surface area (Å²) in [5.41, 5.74) is 4.43. The summed E-state index contributed by atoms with van der Waals surface area (Å²) in [5, 5.41) is 14.3. The molecule has 0 radical (unpaired) electrons. The van der Waals surface area contributed by atoms with Gasteiger partial charge in [0.05, 0.1) is 18.0 Å². The normalized spacial score (nSPS) is 10.5. The fraction of sp³-hybridized carbons (Fsp3) is 0.0952. The number of imidazole rings is 1. The molecule has 0 aliphatic heterocycles. The number of rotatable bonds is 6. The smallest absolute Gasteiger partial charge is 0.319 e. The second-order valence-electron chi connectivity index (χ2n) is 5.93. The lowest BCUT2D eigenvalue weighted by Crippen LogP contribution is -2.28. The van der Waals surface area contributed by atoms with Gasteiger partial charge in [0.15, 0.2) is 0 Å². The topological polar surface area (TPSA) is 93.6 Å². The van der Waals surface area contributed by atoms with E-state index in [-0.39, 0.29) is 6.03 Å². The van der Waals surface area contributed by atoms with Gasteiger partial charge in [0.25, 0.3) is 0 Å². The van der Waals surface area contributed by atoms with Gasteiger partial charge in [-0.1, -0.05) is 42.5 Å².